The highest BCUT2D eigenvalue weighted by Crippen LogP contribution is 2.19. The van der Waals surface area contributed by atoms with E-state index in [9.17, 15) is 4.79 Å². The molecule has 0 bridgehead atoms. The predicted molar refractivity (Wildman–Crippen MR) is 109 cm³/mol. The molecule has 8 heteroatoms. The number of amides is 2. The summed E-state index contributed by atoms with van der Waals surface area (Å²) in [5.74, 6) is 1.12. The topological polar surface area (TPSA) is 85.2 Å². The van der Waals surface area contributed by atoms with E-state index in [-0.39, 0.29) is 12.1 Å². The van der Waals surface area contributed by atoms with Crippen LogP contribution in [0.15, 0.2) is 48.8 Å². The molecular weight excluding hydrogens is 368 g/mol. The molecule has 0 spiro atoms. The number of carbonyl (C=O) groups excluding carboxylic acids is 1. The summed E-state index contributed by atoms with van der Waals surface area (Å²) in [6.45, 7) is 5.37. The van der Waals surface area contributed by atoms with E-state index >= 15 is 0 Å². The molecule has 0 unspecified atom stereocenters. The lowest BCUT2D eigenvalue weighted by molar-refractivity contribution is 0.110. The number of anilines is 1. The van der Waals surface area contributed by atoms with Crippen molar-refractivity contribution in [3.8, 4) is 11.7 Å². The number of urea groups is 1. The molecule has 4 rings (SSSR count). The molecule has 0 radical (unpaired) electrons. The summed E-state index contributed by atoms with van der Waals surface area (Å²) in [6, 6.07) is 11.3. The normalized spacial score (nSPS) is 14.6. The van der Waals surface area contributed by atoms with Gasteiger partial charge in [-0.2, -0.15) is 5.10 Å². The number of likely N-dealkylation sites (tertiary alicyclic amines) is 1. The Kier molecular flexibility index (Phi) is 5.41. The number of ether oxygens (including phenoxy) is 1. The molecule has 3 aromatic rings. The Balaban J connectivity index is 1.27. The molecule has 29 heavy (non-hydrogen) atoms. The van der Waals surface area contributed by atoms with Crippen LogP contribution in [0.4, 0.5) is 10.5 Å². The summed E-state index contributed by atoms with van der Waals surface area (Å²) >= 11 is 0. The Morgan fingerprint density at radius 1 is 1.10 bits per heavy atom. The second kappa shape index (κ2) is 8.30. The predicted octanol–water partition coefficient (Wildman–Crippen LogP) is 3.35. The molecule has 1 saturated heterocycles. The summed E-state index contributed by atoms with van der Waals surface area (Å²) in [4.78, 5) is 14.3. The van der Waals surface area contributed by atoms with Crippen molar-refractivity contribution in [2.75, 3.05) is 18.4 Å². The van der Waals surface area contributed by atoms with Gasteiger partial charge < -0.3 is 15.0 Å². The molecule has 2 aromatic heterocycles. The number of nitrogens with zero attached hydrogens (tertiary/aromatic N) is 5. The van der Waals surface area contributed by atoms with E-state index in [1.807, 2.05) is 48.4 Å². The molecule has 1 N–H and O–H groups in total. The summed E-state index contributed by atoms with van der Waals surface area (Å²) in [6.07, 6.45) is 5.02. The second-order valence-corrected chi connectivity index (χ2v) is 7.21. The number of rotatable bonds is 4. The summed E-state index contributed by atoms with van der Waals surface area (Å²) in [5, 5.41) is 15.4. The minimum Gasteiger partial charge on any atom is -0.473 e. The molecule has 0 saturated carbocycles. The first-order chi connectivity index (χ1) is 14.1. The van der Waals surface area contributed by atoms with Crippen molar-refractivity contribution in [3.63, 3.8) is 0 Å². The molecule has 0 aliphatic carbocycles. The van der Waals surface area contributed by atoms with Crippen LogP contribution in [0, 0.1) is 13.8 Å². The molecule has 2 amide bonds. The summed E-state index contributed by atoms with van der Waals surface area (Å²) in [7, 11) is 0. The zero-order valence-corrected chi connectivity index (χ0v) is 16.6. The maximum absolute atomic E-state index is 12.5. The van der Waals surface area contributed by atoms with Crippen LogP contribution >= 0.6 is 0 Å². The van der Waals surface area contributed by atoms with Gasteiger partial charge in [-0.15, -0.1) is 10.2 Å². The average molecular weight is 392 g/mol. The minimum atomic E-state index is -0.0740. The second-order valence-electron chi connectivity index (χ2n) is 7.21. The van der Waals surface area contributed by atoms with E-state index in [1.165, 1.54) is 5.56 Å². The van der Waals surface area contributed by atoms with Gasteiger partial charge in [-0.05, 0) is 49.2 Å². The molecule has 8 nitrogen and oxygen atoms in total. The third-order valence-corrected chi connectivity index (χ3v) is 5.14. The molecule has 150 valence electrons. The first-order valence-corrected chi connectivity index (χ1v) is 9.72. The van der Waals surface area contributed by atoms with Crippen LogP contribution in [-0.4, -0.2) is 50.1 Å². The standard InChI is InChI=1S/C21H24N6O2/c1-15-4-5-17(14-16(15)2)23-21(28)26-12-8-18(9-13-26)29-20-7-6-19(24-25-20)27-11-3-10-22-27/h3-7,10-11,14,18H,8-9,12-13H2,1-2H3,(H,23,28). The fourth-order valence-corrected chi connectivity index (χ4v) is 3.27. The molecule has 1 aromatic carbocycles. The Morgan fingerprint density at radius 2 is 1.93 bits per heavy atom. The summed E-state index contributed by atoms with van der Waals surface area (Å²) < 4.78 is 7.58. The van der Waals surface area contributed by atoms with Crippen LogP contribution in [-0.2, 0) is 0 Å². The van der Waals surface area contributed by atoms with Gasteiger partial charge in [-0.25, -0.2) is 9.48 Å². The van der Waals surface area contributed by atoms with Crippen LogP contribution in [0.5, 0.6) is 5.88 Å². The smallest absolute Gasteiger partial charge is 0.321 e. The monoisotopic (exact) mass is 392 g/mol. The molecule has 1 aliphatic heterocycles. The Bertz CT molecular complexity index is 963. The highest BCUT2D eigenvalue weighted by atomic mass is 16.5. The Labute approximate surface area is 169 Å². The van der Waals surface area contributed by atoms with Gasteiger partial charge >= 0.3 is 6.03 Å². The van der Waals surface area contributed by atoms with E-state index in [2.05, 4.69) is 27.5 Å². The average Bonchev–Trinajstić information content (AvgIpc) is 3.27. The molecule has 0 atom stereocenters. The van der Waals surface area contributed by atoms with E-state index in [0.29, 0.717) is 24.8 Å². The van der Waals surface area contributed by atoms with Gasteiger partial charge in [0, 0.05) is 50.1 Å². The number of hydrogen-bond donors (Lipinski definition) is 1. The molecule has 1 aliphatic rings. The molecular formula is C21H24N6O2. The van der Waals surface area contributed by atoms with Crippen LogP contribution in [0.1, 0.15) is 24.0 Å². The van der Waals surface area contributed by atoms with Crippen LogP contribution in [0.3, 0.4) is 0 Å². The maximum atomic E-state index is 12.5. The lowest BCUT2D eigenvalue weighted by atomic mass is 10.1. The van der Waals surface area contributed by atoms with Gasteiger partial charge in [-0.3, -0.25) is 0 Å². The third kappa shape index (κ3) is 4.53. The quantitative estimate of drug-likeness (QED) is 0.736. The van der Waals surface area contributed by atoms with Gasteiger partial charge in [0.1, 0.15) is 6.10 Å². The van der Waals surface area contributed by atoms with E-state index < -0.39 is 0 Å². The number of aromatic nitrogens is 4. The molecule has 1 fully saturated rings. The van der Waals surface area contributed by atoms with Crippen molar-refractivity contribution >= 4 is 11.7 Å². The zero-order chi connectivity index (χ0) is 20.2. The lowest BCUT2D eigenvalue weighted by Crippen LogP contribution is -2.43. The van der Waals surface area contributed by atoms with E-state index in [4.69, 9.17) is 4.74 Å². The van der Waals surface area contributed by atoms with Crippen molar-refractivity contribution < 1.29 is 9.53 Å². The zero-order valence-electron chi connectivity index (χ0n) is 16.6. The number of carbonyl (C=O) groups is 1. The largest absolute Gasteiger partial charge is 0.473 e. The number of hydrogen-bond acceptors (Lipinski definition) is 5. The van der Waals surface area contributed by atoms with Gasteiger partial charge in [0.05, 0.1) is 0 Å². The SMILES string of the molecule is Cc1ccc(NC(=O)N2CCC(Oc3ccc(-n4cccn4)nn3)CC2)cc1C. The van der Waals surface area contributed by atoms with Crippen molar-refractivity contribution in [1.82, 2.24) is 24.9 Å². The Hall–Kier alpha value is -3.42. The van der Waals surface area contributed by atoms with Crippen LogP contribution in [0.25, 0.3) is 5.82 Å². The number of nitrogens with one attached hydrogen (secondary N) is 1. The highest BCUT2D eigenvalue weighted by molar-refractivity contribution is 5.89. The molecule has 3 heterocycles. The minimum absolute atomic E-state index is 0.0190. The van der Waals surface area contributed by atoms with Crippen LogP contribution in [0.2, 0.25) is 0 Å². The summed E-state index contributed by atoms with van der Waals surface area (Å²) in [5.41, 5.74) is 3.19. The van der Waals surface area contributed by atoms with Crippen molar-refractivity contribution in [3.05, 3.63) is 59.9 Å². The van der Waals surface area contributed by atoms with E-state index in [1.54, 1.807) is 16.9 Å². The Morgan fingerprint density at radius 3 is 2.59 bits per heavy atom. The van der Waals surface area contributed by atoms with Crippen molar-refractivity contribution in [2.45, 2.75) is 32.8 Å². The lowest BCUT2D eigenvalue weighted by Gasteiger charge is -2.31. The van der Waals surface area contributed by atoms with Crippen LogP contribution < -0.4 is 10.1 Å². The number of aryl methyl sites for hydroxylation is 2. The number of piperidine rings is 1. The first kappa shape index (κ1) is 18.9. The van der Waals surface area contributed by atoms with Gasteiger partial charge in [0.2, 0.25) is 5.88 Å². The fraction of sp³-hybridized carbons (Fsp3) is 0.333. The first-order valence-electron chi connectivity index (χ1n) is 9.72. The van der Waals surface area contributed by atoms with Gasteiger partial charge in [0.25, 0.3) is 0 Å². The fourth-order valence-electron chi connectivity index (χ4n) is 3.27. The maximum Gasteiger partial charge on any atom is 0.321 e. The van der Waals surface area contributed by atoms with E-state index in [0.717, 1.165) is 24.1 Å². The van der Waals surface area contributed by atoms with Crippen molar-refractivity contribution in [1.29, 1.82) is 0 Å². The third-order valence-electron chi connectivity index (χ3n) is 5.14. The van der Waals surface area contributed by atoms with Crippen molar-refractivity contribution in [2.24, 2.45) is 0 Å². The number of benzene rings is 1. The van der Waals surface area contributed by atoms with Gasteiger partial charge in [0.15, 0.2) is 5.82 Å². The highest BCUT2D eigenvalue weighted by Gasteiger charge is 2.24. The van der Waals surface area contributed by atoms with Gasteiger partial charge in [-0.1, -0.05) is 6.07 Å².